The Labute approximate surface area is 97.3 Å². The number of carbonyl (C=O) groups is 1. The average molecular weight is 271 g/mol. The van der Waals surface area contributed by atoms with Crippen LogP contribution in [0.3, 0.4) is 0 Å². The highest BCUT2D eigenvalue weighted by atomic mass is 19.4. The predicted octanol–water partition coefficient (Wildman–Crippen LogP) is 2.74. The quantitative estimate of drug-likeness (QED) is 0.624. The molecule has 0 unspecified atom stereocenters. The number of halogens is 5. The fourth-order valence-electron chi connectivity index (χ4n) is 1.17. The van der Waals surface area contributed by atoms with Gasteiger partial charge in [0.1, 0.15) is 5.69 Å². The maximum Gasteiger partial charge on any atom is 0.573 e. The normalized spacial score (nSPS) is 11.5. The molecule has 1 rings (SSSR count). The lowest BCUT2D eigenvalue weighted by molar-refractivity contribution is -0.275. The van der Waals surface area contributed by atoms with E-state index in [1.165, 1.54) is 0 Å². The zero-order valence-corrected chi connectivity index (χ0v) is 8.79. The van der Waals surface area contributed by atoms with Crippen LogP contribution in [0.25, 0.3) is 0 Å². The van der Waals surface area contributed by atoms with Crippen LogP contribution in [0.2, 0.25) is 0 Å². The second-order valence-corrected chi connectivity index (χ2v) is 2.93. The van der Waals surface area contributed by atoms with Crippen LogP contribution in [0.5, 0.6) is 11.5 Å². The molecular formula is C9H6F5NO3. The molecule has 0 amide bonds. The predicted molar refractivity (Wildman–Crippen MR) is 47.8 cm³/mol. The molecular weight excluding hydrogens is 265 g/mol. The lowest BCUT2D eigenvalue weighted by Gasteiger charge is -2.16. The largest absolute Gasteiger partial charge is 0.573 e. The molecule has 0 fully saturated rings. The minimum atomic E-state index is -5.16. The molecule has 0 N–H and O–H groups in total. The molecule has 0 spiro atoms. The van der Waals surface area contributed by atoms with Crippen LogP contribution in [0.4, 0.5) is 22.0 Å². The minimum absolute atomic E-state index is 0.0567. The van der Waals surface area contributed by atoms with Crippen LogP contribution in [0.1, 0.15) is 22.5 Å². The first-order chi connectivity index (χ1) is 8.30. The van der Waals surface area contributed by atoms with Gasteiger partial charge in [-0.15, -0.1) is 13.2 Å². The summed E-state index contributed by atoms with van der Waals surface area (Å²) in [5, 5.41) is 0. The molecule has 0 atom stereocenters. The first-order valence-corrected chi connectivity index (χ1v) is 4.36. The number of hydrogen-bond acceptors (Lipinski definition) is 4. The topological polar surface area (TPSA) is 48.4 Å². The zero-order valence-electron chi connectivity index (χ0n) is 8.79. The third kappa shape index (κ3) is 3.05. The molecule has 1 aromatic rings. The summed E-state index contributed by atoms with van der Waals surface area (Å²) < 4.78 is 69.2. The molecule has 0 aromatic carbocycles. The molecule has 0 bridgehead atoms. The number of carbonyl (C=O) groups excluding carboxylic acids is 1. The number of ether oxygens (including phenoxy) is 2. The number of nitrogens with zero attached hydrogens (tertiary/aromatic N) is 1. The van der Waals surface area contributed by atoms with Crippen molar-refractivity contribution in [2.24, 2.45) is 0 Å². The monoisotopic (exact) mass is 271 g/mol. The Hall–Kier alpha value is -1.93. The van der Waals surface area contributed by atoms with Gasteiger partial charge < -0.3 is 9.47 Å². The summed E-state index contributed by atoms with van der Waals surface area (Å²) >= 11 is 0. The highest BCUT2D eigenvalue weighted by Crippen LogP contribution is 2.40. The van der Waals surface area contributed by atoms with Gasteiger partial charge in [0.15, 0.2) is 12.0 Å². The van der Waals surface area contributed by atoms with Crippen molar-refractivity contribution < 1.29 is 36.2 Å². The van der Waals surface area contributed by atoms with E-state index in [4.69, 9.17) is 0 Å². The number of methoxy groups -OCH3 is 1. The van der Waals surface area contributed by atoms with Crippen LogP contribution >= 0.6 is 0 Å². The molecule has 0 saturated heterocycles. The molecule has 1 aromatic heterocycles. The molecule has 0 aliphatic carbocycles. The van der Waals surface area contributed by atoms with Crippen molar-refractivity contribution in [2.45, 2.75) is 12.8 Å². The van der Waals surface area contributed by atoms with Crippen LogP contribution in [0, 0.1) is 0 Å². The lowest BCUT2D eigenvalue weighted by Crippen LogP contribution is -2.19. The molecule has 0 aliphatic rings. The number of aldehydes is 1. The highest BCUT2D eigenvalue weighted by molar-refractivity contribution is 5.78. The number of aromatic nitrogens is 1. The standard InChI is InChI=1S/C9H6F5NO3/c1-17-6-4(8(10)11)2-15-5(3-16)7(6)18-9(12,13)14/h2-3,8H,1H3. The second-order valence-electron chi connectivity index (χ2n) is 2.93. The molecule has 0 saturated carbocycles. The summed E-state index contributed by atoms with van der Waals surface area (Å²) in [6, 6.07) is 0. The Kier molecular flexibility index (Phi) is 4.04. The number of rotatable bonds is 4. The summed E-state index contributed by atoms with van der Waals surface area (Å²) in [5.74, 6) is -2.06. The van der Waals surface area contributed by atoms with E-state index in [0.717, 1.165) is 7.11 Å². The Morgan fingerprint density at radius 3 is 2.33 bits per heavy atom. The van der Waals surface area contributed by atoms with Crippen molar-refractivity contribution >= 4 is 6.29 Å². The summed E-state index contributed by atoms with van der Waals surface area (Å²) in [7, 11) is 0.874. The zero-order chi connectivity index (χ0) is 13.9. The second kappa shape index (κ2) is 5.15. The lowest BCUT2D eigenvalue weighted by atomic mass is 10.2. The molecule has 100 valence electrons. The van der Waals surface area contributed by atoms with Crippen molar-refractivity contribution in [1.29, 1.82) is 0 Å². The van der Waals surface area contributed by atoms with E-state index >= 15 is 0 Å². The van der Waals surface area contributed by atoms with Crippen molar-refractivity contribution in [1.82, 2.24) is 4.98 Å². The van der Waals surface area contributed by atoms with Crippen molar-refractivity contribution in [3.05, 3.63) is 17.5 Å². The third-order valence-corrected chi connectivity index (χ3v) is 1.81. The molecule has 18 heavy (non-hydrogen) atoms. The number of alkyl halides is 5. The SMILES string of the molecule is COc1c(C(F)F)cnc(C=O)c1OC(F)(F)F. The van der Waals surface area contributed by atoms with Crippen molar-refractivity contribution in [3.63, 3.8) is 0 Å². The van der Waals surface area contributed by atoms with Crippen LogP contribution in [-0.2, 0) is 0 Å². The van der Waals surface area contributed by atoms with Gasteiger partial charge in [0, 0.05) is 6.20 Å². The Balaban J connectivity index is 3.41. The van der Waals surface area contributed by atoms with E-state index in [0.29, 0.717) is 6.20 Å². The van der Waals surface area contributed by atoms with Crippen molar-refractivity contribution in [2.75, 3.05) is 7.11 Å². The number of pyridine rings is 1. The van der Waals surface area contributed by atoms with Gasteiger partial charge in [-0.25, -0.2) is 13.8 Å². The maximum atomic E-state index is 12.5. The van der Waals surface area contributed by atoms with Gasteiger partial charge >= 0.3 is 6.36 Å². The molecule has 0 radical (unpaired) electrons. The first-order valence-electron chi connectivity index (χ1n) is 4.36. The van der Waals surface area contributed by atoms with E-state index in [1.807, 2.05) is 0 Å². The summed E-state index contributed by atoms with van der Waals surface area (Å²) in [6.07, 6.45) is -7.79. The fourth-order valence-corrected chi connectivity index (χ4v) is 1.17. The van der Waals surface area contributed by atoms with Crippen molar-refractivity contribution in [3.8, 4) is 11.5 Å². The van der Waals surface area contributed by atoms with E-state index in [9.17, 15) is 26.7 Å². The van der Waals surface area contributed by atoms with Gasteiger partial charge in [0.2, 0.25) is 5.75 Å². The minimum Gasteiger partial charge on any atom is -0.492 e. The van der Waals surface area contributed by atoms with E-state index < -0.39 is 35.5 Å². The fraction of sp³-hybridized carbons (Fsp3) is 0.333. The van der Waals surface area contributed by atoms with Crippen LogP contribution < -0.4 is 9.47 Å². The summed E-state index contributed by atoms with van der Waals surface area (Å²) in [6.45, 7) is 0. The van der Waals surface area contributed by atoms with Gasteiger partial charge in [-0.3, -0.25) is 4.79 Å². The Morgan fingerprint density at radius 2 is 1.94 bits per heavy atom. The van der Waals surface area contributed by atoms with Gasteiger partial charge in [-0.05, 0) is 0 Å². The Bertz CT molecular complexity index is 447. The van der Waals surface area contributed by atoms with Gasteiger partial charge in [0.25, 0.3) is 6.43 Å². The van der Waals surface area contributed by atoms with Gasteiger partial charge in [0.05, 0.1) is 12.7 Å². The van der Waals surface area contributed by atoms with Gasteiger partial charge in [-0.1, -0.05) is 0 Å². The van der Waals surface area contributed by atoms with Crippen LogP contribution in [0.15, 0.2) is 6.20 Å². The molecule has 1 heterocycles. The smallest absolute Gasteiger partial charge is 0.492 e. The van der Waals surface area contributed by atoms with Gasteiger partial charge in [-0.2, -0.15) is 0 Å². The van der Waals surface area contributed by atoms with E-state index in [1.54, 1.807) is 0 Å². The molecule has 4 nitrogen and oxygen atoms in total. The Morgan fingerprint density at radius 1 is 1.33 bits per heavy atom. The first kappa shape index (κ1) is 14.1. The molecule has 9 heteroatoms. The average Bonchev–Trinajstić information content (AvgIpc) is 2.26. The third-order valence-electron chi connectivity index (χ3n) is 1.81. The van der Waals surface area contributed by atoms with Crippen LogP contribution in [-0.4, -0.2) is 24.7 Å². The number of hydrogen-bond donors (Lipinski definition) is 0. The van der Waals surface area contributed by atoms with E-state index in [-0.39, 0.29) is 6.29 Å². The highest BCUT2D eigenvalue weighted by Gasteiger charge is 2.35. The van der Waals surface area contributed by atoms with E-state index in [2.05, 4.69) is 14.5 Å². The molecule has 0 aliphatic heterocycles. The summed E-state index contributed by atoms with van der Waals surface area (Å²) in [4.78, 5) is 13.7. The maximum absolute atomic E-state index is 12.5. The summed E-state index contributed by atoms with van der Waals surface area (Å²) in [5.41, 5.74) is -1.68.